The van der Waals surface area contributed by atoms with Gasteiger partial charge in [0.15, 0.2) is 5.16 Å². The zero-order chi connectivity index (χ0) is 17.2. The highest BCUT2D eigenvalue weighted by molar-refractivity contribution is 7.99. The molecule has 1 amide bonds. The fraction of sp³-hybridized carbons (Fsp3) is 0.294. The number of H-pyrrole nitrogens is 1. The van der Waals surface area contributed by atoms with E-state index in [0.717, 1.165) is 24.9 Å². The fourth-order valence-corrected chi connectivity index (χ4v) is 3.83. The van der Waals surface area contributed by atoms with Gasteiger partial charge in [0.2, 0.25) is 5.43 Å². The van der Waals surface area contributed by atoms with Gasteiger partial charge in [-0.2, -0.15) is 5.10 Å². The monoisotopic (exact) mass is 355 g/mol. The summed E-state index contributed by atoms with van der Waals surface area (Å²) in [5.74, 6) is 0.317. The van der Waals surface area contributed by atoms with Crippen LogP contribution in [0.1, 0.15) is 22.3 Å². The number of aromatic nitrogens is 4. The average Bonchev–Trinajstić information content (AvgIpc) is 3.15. The third-order valence-corrected chi connectivity index (χ3v) is 5.17. The van der Waals surface area contributed by atoms with Gasteiger partial charge in [-0.15, -0.1) is 0 Å². The molecule has 0 fully saturated rings. The summed E-state index contributed by atoms with van der Waals surface area (Å²) in [6.45, 7) is 1.27. The number of para-hydroxylation sites is 1. The van der Waals surface area contributed by atoms with Crippen LogP contribution in [-0.2, 0) is 13.0 Å². The quantitative estimate of drug-likeness (QED) is 0.535. The Labute approximate surface area is 147 Å². The van der Waals surface area contributed by atoms with Gasteiger partial charge in [-0.3, -0.25) is 14.7 Å². The molecular weight excluding hydrogens is 338 g/mol. The van der Waals surface area contributed by atoms with E-state index < -0.39 is 0 Å². The molecule has 0 unspecified atom stereocenters. The number of nitrogens with one attached hydrogen (secondary N) is 2. The highest BCUT2D eigenvalue weighted by Gasteiger charge is 2.19. The lowest BCUT2D eigenvalue weighted by molar-refractivity contribution is 0.0954. The molecule has 25 heavy (non-hydrogen) atoms. The molecule has 8 heteroatoms. The molecule has 2 aromatic heterocycles. The third kappa shape index (κ3) is 3.05. The Morgan fingerprint density at radius 1 is 1.40 bits per heavy atom. The van der Waals surface area contributed by atoms with E-state index in [2.05, 4.69) is 26.6 Å². The Morgan fingerprint density at radius 2 is 2.32 bits per heavy atom. The smallest absolute Gasteiger partial charge is 0.256 e. The molecule has 3 heterocycles. The van der Waals surface area contributed by atoms with Gasteiger partial charge in [0.25, 0.3) is 5.91 Å². The maximum absolute atomic E-state index is 12.7. The Morgan fingerprint density at radius 3 is 3.16 bits per heavy atom. The second-order valence-electron chi connectivity index (χ2n) is 5.88. The number of carbonyl (C=O) groups is 1. The van der Waals surface area contributed by atoms with Crippen LogP contribution in [0.2, 0.25) is 0 Å². The molecule has 128 valence electrons. The number of nitrogens with zero attached hydrogens (tertiary/aromatic N) is 3. The fourth-order valence-electron chi connectivity index (χ4n) is 3.19. The van der Waals surface area contributed by atoms with Gasteiger partial charge >= 0.3 is 0 Å². The van der Waals surface area contributed by atoms with Gasteiger partial charge in [-0.05, 0) is 24.5 Å². The summed E-state index contributed by atoms with van der Waals surface area (Å²) in [4.78, 5) is 29.2. The molecule has 0 saturated carbocycles. The summed E-state index contributed by atoms with van der Waals surface area (Å²) in [5.41, 5.74) is 2.15. The van der Waals surface area contributed by atoms with E-state index in [4.69, 9.17) is 0 Å². The predicted octanol–water partition coefficient (Wildman–Crippen LogP) is 1.59. The summed E-state index contributed by atoms with van der Waals surface area (Å²) >= 11 is 1.46. The molecule has 3 aromatic rings. The van der Waals surface area contributed by atoms with E-state index in [1.807, 2.05) is 10.6 Å². The van der Waals surface area contributed by atoms with Crippen LogP contribution in [0.15, 0.2) is 40.7 Å². The molecule has 0 saturated heterocycles. The molecular formula is C17H17N5O2S. The number of hydrogen-bond donors (Lipinski definition) is 2. The van der Waals surface area contributed by atoms with Crippen molar-refractivity contribution in [1.29, 1.82) is 0 Å². The Bertz CT molecular complexity index is 981. The molecule has 0 radical (unpaired) electrons. The van der Waals surface area contributed by atoms with Crippen molar-refractivity contribution in [3.8, 4) is 0 Å². The summed E-state index contributed by atoms with van der Waals surface area (Å²) in [5, 5.41) is 10.7. The standard InChI is InChI=1S/C17H17N5O2S/c23-15-12-5-1-3-11-4-2-7-22(14(11)12)9-13(15)16(24)18-6-8-25-17-19-10-20-21-17/h1,3,5,9-10H,2,4,6-8H2,(H,18,24)(H,19,20,21). The van der Waals surface area contributed by atoms with Crippen LogP contribution in [0, 0.1) is 0 Å². The molecule has 0 bridgehead atoms. The van der Waals surface area contributed by atoms with Crippen LogP contribution in [0.5, 0.6) is 0 Å². The Kier molecular flexibility index (Phi) is 4.27. The minimum Gasteiger partial charge on any atom is -0.351 e. The third-order valence-electron chi connectivity index (χ3n) is 4.29. The average molecular weight is 355 g/mol. The SMILES string of the molecule is O=C(NCCSc1ncn[nH]1)c1cn2c3c(cccc3c1=O)CCC2. The Balaban J connectivity index is 1.54. The highest BCUT2D eigenvalue weighted by atomic mass is 32.2. The number of carbonyl (C=O) groups excluding carboxylic acids is 1. The first-order chi connectivity index (χ1) is 12.2. The van der Waals surface area contributed by atoms with Crippen molar-refractivity contribution >= 4 is 28.6 Å². The minimum absolute atomic E-state index is 0.199. The first kappa shape index (κ1) is 15.9. The molecule has 0 spiro atoms. The maximum Gasteiger partial charge on any atom is 0.256 e. The first-order valence-corrected chi connectivity index (χ1v) is 9.14. The van der Waals surface area contributed by atoms with Crippen molar-refractivity contribution in [2.75, 3.05) is 12.3 Å². The van der Waals surface area contributed by atoms with Gasteiger partial charge in [-0.1, -0.05) is 23.9 Å². The normalized spacial score (nSPS) is 13.1. The number of thioether (sulfide) groups is 1. The topological polar surface area (TPSA) is 92.7 Å². The van der Waals surface area contributed by atoms with E-state index in [0.29, 0.717) is 22.8 Å². The van der Waals surface area contributed by atoms with Gasteiger partial charge < -0.3 is 9.88 Å². The zero-order valence-corrected chi connectivity index (χ0v) is 14.3. The van der Waals surface area contributed by atoms with E-state index in [1.165, 1.54) is 23.7 Å². The second-order valence-corrected chi connectivity index (χ2v) is 6.96. The molecule has 1 aliphatic rings. The van der Waals surface area contributed by atoms with E-state index in [9.17, 15) is 9.59 Å². The predicted molar refractivity (Wildman–Crippen MR) is 96.0 cm³/mol. The number of aryl methyl sites for hydroxylation is 2. The second kappa shape index (κ2) is 6.72. The molecule has 7 nitrogen and oxygen atoms in total. The van der Waals surface area contributed by atoms with Gasteiger partial charge in [0, 0.05) is 30.4 Å². The van der Waals surface area contributed by atoms with Crippen LogP contribution in [-0.4, -0.2) is 38.0 Å². The molecule has 2 N–H and O–H groups in total. The van der Waals surface area contributed by atoms with E-state index >= 15 is 0 Å². The summed E-state index contributed by atoms with van der Waals surface area (Å²) < 4.78 is 2.04. The Hall–Kier alpha value is -2.61. The van der Waals surface area contributed by atoms with Crippen LogP contribution in [0.3, 0.4) is 0 Å². The largest absolute Gasteiger partial charge is 0.351 e. The minimum atomic E-state index is -0.329. The van der Waals surface area contributed by atoms with Crippen LogP contribution < -0.4 is 10.7 Å². The molecule has 0 aliphatic carbocycles. The van der Waals surface area contributed by atoms with Crippen molar-refractivity contribution in [2.45, 2.75) is 24.5 Å². The molecule has 4 rings (SSSR count). The van der Waals surface area contributed by atoms with Crippen LogP contribution in [0.25, 0.3) is 10.9 Å². The lowest BCUT2D eigenvalue weighted by Gasteiger charge is -2.20. The van der Waals surface area contributed by atoms with Gasteiger partial charge in [-0.25, -0.2) is 4.98 Å². The van der Waals surface area contributed by atoms with E-state index in [1.54, 1.807) is 12.3 Å². The highest BCUT2D eigenvalue weighted by Crippen LogP contribution is 2.23. The molecule has 0 atom stereocenters. The lowest BCUT2D eigenvalue weighted by atomic mass is 10.00. The van der Waals surface area contributed by atoms with Gasteiger partial charge in [0.1, 0.15) is 11.9 Å². The number of amides is 1. The molecule has 1 aliphatic heterocycles. The number of aromatic amines is 1. The molecule has 1 aromatic carbocycles. The van der Waals surface area contributed by atoms with Crippen molar-refractivity contribution in [3.05, 3.63) is 52.1 Å². The lowest BCUT2D eigenvalue weighted by Crippen LogP contribution is -2.32. The van der Waals surface area contributed by atoms with Gasteiger partial charge in [0.05, 0.1) is 5.52 Å². The van der Waals surface area contributed by atoms with Crippen molar-refractivity contribution < 1.29 is 4.79 Å². The van der Waals surface area contributed by atoms with Crippen LogP contribution >= 0.6 is 11.8 Å². The van der Waals surface area contributed by atoms with Crippen molar-refractivity contribution in [2.24, 2.45) is 0 Å². The zero-order valence-electron chi connectivity index (χ0n) is 13.5. The maximum atomic E-state index is 12.7. The summed E-state index contributed by atoms with van der Waals surface area (Å²) in [7, 11) is 0. The van der Waals surface area contributed by atoms with Crippen LogP contribution in [0.4, 0.5) is 0 Å². The van der Waals surface area contributed by atoms with Crippen molar-refractivity contribution in [1.82, 2.24) is 25.1 Å². The van der Waals surface area contributed by atoms with Crippen molar-refractivity contribution in [3.63, 3.8) is 0 Å². The first-order valence-electron chi connectivity index (χ1n) is 8.15. The summed E-state index contributed by atoms with van der Waals surface area (Å²) in [6, 6.07) is 5.75. The van der Waals surface area contributed by atoms with E-state index in [-0.39, 0.29) is 16.9 Å². The number of pyridine rings is 1. The number of hydrogen-bond acceptors (Lipinski definition) is 5. The number of rotatable bonds is 5. The summed E-state index contributed by atoms with van der Waals surface area (Å²) in [6.07, 6.45) is 5.13. The number of benzene rings is 1.